The van der Waals surface area contributed by atoms with Crippen molar-refractivity contribution in [2.24, 2.45) is 14.1 Å². The number of fused-ring (bicyclic) bond motifs is 1. The van der Waals surface area contributed by atoms with Crippen molar-refractivity contribution in [1.82, 2.24) is 19.1 Å². The molecule has 2 rings (SSSR count). The van der Waals surface area contributed by atoms with E-state index in [1.807, 2.05) is 0 Å². The Morgan fingerprint density at radius 3 is 2.77 bits per heavy atom. The average molecular weight is 187 g/mol. The van der Waals surface area contributed by atoms with Gasteiger partial charge in [0.2, 0.25) is 0 Å². The first-order valence-electron chi connectivity index (χ1n) is 3.71. The molecule has 2 heterocycles. The van der Waals surface area contributed by atoms with Gasteiger partial charge in [0, 0.05) is 14.1 Å². The molecule has 0 amide bonds. The van der Waals surface area contributed by atoms with E-state index in [4.69, 9.17) is 0 Å². The molecule has 0 atom stereocenters. The second-order valence-corrected chi connectivity index (χ2v) is 2.85. The molecule has 0 radical (unpaired) electrons. The number of hydrogen-bond donors (Lipinski definition) is 1. The lowest BCUT2D eigenvalue weighted by Crippen LogP contribution is -2.33. The third-order valence-corrected chi connectivity index (χ3v) is 1.97. The molecule has 68 valence electrons. The lowest BCUT2D eigenvalue weighted by Gasteiger charge is -1.96. The highest BCUT2D eigenvalue weighted by atomic mass is 16.3. The van der Waals surface area contributed by atoms with Gasteiger partial charge in [0.1, 0.15) is 0 Å². The van der Waals surface area contributed by atoms with Crippen LogP contribution < -0.4 is 11.2 Å². The molecule has 0 aliphatic carbocycles. The van der Waals surface area contributed by atoms with Gasteiger partial charge in [-0.1, -0.05) is 0 Å². The second-order valence-electron chi connectivity index (χ2n) is 2.85. The lowest BCUT2D eigenvalue weighted by atomic mass is 11.2. The van der Waals surface area contributed by atoms with Crippen LogP contribution in [0.25, 0.3) is 11.2 Å². The molecule has 0 spiro atoms. The first-order valence-corrected chi connectivity index (χ1v) is 3.71. The quantitative estimate of drug-likeness (QED) is 0.572. The fraction of sp³-hybridized carbons (Fsp3) is 0.286. The Morgan fingerprint density at radius 2 is 2.08 bits per heavy atom. The summed E-state index contributed by atoms with van der Waals surface area (Å²) in [5, 5.41) is 0. The SMILES string of the molecule is Cn1c[15n][13c]2[15nH][13c](=O)[15n](C)[13c](=O)[13c]21. The van der Waals surface area contributed by atoms with Gasteiger partial charge in [0.25, 0.3) is 5.56 Å². The average Bonchev–Trinajstić information content (AvgIpc) is 2.43. The molecule has 2 aromatic rings. The maximum absolute atomic E-state index is 11.5. The number of H-pyrrole nitrogens is 1. The van der Waals surface area contributed by atoms with Crippen molar-refractivity contribution < 1.29 is 0 Å². The summed E-state index contributed by atoms with van der Waals surface area (Å²) < 4.78 is 2.59. The Labute approximate surface area is 72.5 Å². The van der Waals surface area contributed by atoms with Crippen molar-refractivity contribution in [3.05, 3.63) is 27.2 Å². The molecule has 0 unspecified atom stereocenters. The van der Waals surface area contributed by atoms with Crippen molar-refractivity contribution in [3.63, 3.8) is 0 Å². The first kappa shape index (κ1) is 7.78. The van der Waals surface area contributed by atoms with E-state index < -0.39 is 5.69 Å². The normalized spacial score (nSPS) is 10.9. The van der Waals surface area contributed by atoms with Crippen LogP contribution in [0.4, 0.5) is 0 Å². The van der Waals surface area contributed by atoms with Crippen molar-refractivity contribution in [1.29, 1.82) is 0 Å². The summed E-state index contributed by atoms with van der Waals surface area (Å²) in [5.74, 6) is 0. The molecule has 0 aromatic carbocycles. The van der Waals surface area contributed by atoms with Crippen LogP contribution in [-0.2, 0) is 14.1 Å². The molecule has 0 aliphatic rings. The summed E-state index contributed by atoms with van der Waals surface area (Å²) in [4.78, 5) is 29.0. The van der Waals surface area contributed by atoms with Crippen molar-refractivity contribution >= 4 is 11.2 Å². The van der Waals surface area contributed by atoms with Crippen LogP contribution in [0.5, 0.6) is 0 Å². The van der Waals surface area contributed by atoms with Crippen LogP contribution in [0.1, 0.15) is 0 Å². The maximum atomic E-state index is 11.5. The van der Waals surface area contributed by atoms with E-state index in [0.717, 1.165) is 4.57 Å². The minimum absolute atomic E-state index is 0.329. The van der Waals surface area contributed by atoms with Crippen molar-refractivity contribution in [3.8, 4) is 0 Å². The van der Waals surface area contributed by atoms with E-state index in [1.165, 1.54) is 13.4 Å². The van der Waals surface area contributed by atoms with Gasteiger partial charge >= 0.3 is 5.69 Å². The van der Waals surface area contributed by atoms with E-state index in [0.29, 0.717) is 11.2 Å². The van der Waals surface area contributed by atoms with Gasteiger partial charge in [-0.15, -0.1) is 0 Å². The maximum Gasteiger partial charge on any atom is 0.329 e. The summed E-state index contributed by atoms with van der Waals surface area (Å²) in [6.45, 7) is 0. The molecule has 1 N–H and O–H groups in total. The Bertz CT molecular complexity index is 574. The minimum atomic E-state index is -0.448. The number of rotatable bonds is 0. The number of nitrogens with zero attached hydrogens (tertiary/aromatic N) is 3. The summed E-state index contributed by atoms with van der Waals surface area (Å²) >= 11 is 0. The van der Waals surface area contributed by atoms with Gasteiger partial charge in [-0.05, 0) is 0 Å². The molecular formula is C7H8N4O2. The molecule has 6 nitrogen and oxygen atoms in total. The predicted octanol–water partition coefficient (Wildman–Crippen LogP) is -1.04. The third kappa shape index (κ3) is 0.915. The highest BCUT2D eigenvalue weighted by Gasteiger charge is 2.07. The number of nitrogens with one attached hydrogen (secondary N) is 1. The zero-order valence-electron chi connectivity index (χ0n) is 7.24. The molecule has 0 bridgehead atoms. The van der Waals surface area contributed by atoms with E-state index in [9.17, 15) is 9.59 Å². The van der Waals surface area contributed by atoms with Gasteiger partial charge in [0.05, 0.1) is 6.33 Å². The second kappa shape index (κ2) is 2.32. The van der Waals surface area contributed by atoms with Crippen LogP contribution >= 0.6 is 0 Å². The Kier molecular flexibility index (Phi) is 1.39. The van der Waals surface area contributed by atoms with Crippen LogP contribution in [0, 0.1) is 0 Å². The molecule has 0 saturated heterocycles. The molecule has 13 heavy (non-hydrogen) atoms. The highest BCUT2D eigenvalue weighted by molar-refractivity contribution is 5.68. The topological polar surface area (TPSA) is 72.7 Å². The fourth-order valence-electron chi connectivity index (χ4n) is 1.21. The minimum Gasteiger partial charge on any atom is -0.328 e. The summed E-state index contributed by atoms with van der Waals surface area (Å²) in [6.07, 6.45) is 1.49. The zero-order valence-corrected chi connectivity index (χ0v) is 7.24. The van der Waals surface area contributed by atoms with Crippen LogP contribution in [-0.4, -0.2) is 19.1 Å². The van der Waals surface area contributed by atoms with Gasteiger partial charge in [0.15, 0.2) is 11.2 Å². The van der Waals surface area contributed by atoms with Crippen molar-refractivity contribution in [2.75, 3.05) is 0 Å². The molecule has 6 heteroatoms. The van der Waals surface area contributed by atoms with E-state index in [2.05, 4.69) is 9.97 Å². The highest BCUT2D eigenvalue weighted by Crippen LogP contribution is 1.98. The van der Waals surface area contributed by atoms with Crippen LogP contribution in [0.15, 0.2) is 15.9 Å². The van der Waals surface area contributed by atoms with Crippen LogP contribution in [0.2, 0.25) is 0 Å². The Balaban J connectivity index is 3.16. The standard InChI is InChI=1S/C7H8N4O2/c1-10-3-8-5-4(10)6(12)11(2)7(13)9-5/h3H,1-2H3,(H,9,13)/i4+1,5+1,6+1,7+1,8+1,9+1,11+1. The zero-order chi connectivity index (χ0) is 9.59. The first-order chi connectivity index (χ1) is 6.11. The molecule has 0 saturated carbocycles. The molecule has 0 fully saturated rings. The number of hydrogen-bond acceptors (Lipinski definition) is 3. The van der Waals surface area contributed by atoms with E-state index in [-0.39, 0.29) is 5.56 Å². The lowest BCUT2D eigenvalue weighted by molar-refractivity contribution is 0.783. The fourth-order valence-corrected chi connectivity index (χ4v) is 1.21. The summed E-state index contributed by atoms with van der Waals surface area (Å²) in [5.41, 5.74) is -0.0485. The van der Waals surface area contributed by atoms with E-state index >= 15 is 0 Å². The van der Waals surface area contributed by atoms with Gasteiger partial charge in [-0.3, -0.25) is 14.3 Å². The predicted molar refractivity (Wildman–Crippen MR) is 46.6 cm³/mol. The van der Waals surface area contributed by atoms with Crippen molar-refractivity contribution in [2.45, 2.75) is 0 Å². The number of aromatic nitrogens is 4. The van der Waals surface area contributed by atoms with Gasteiger partial charge in [-0.2, -0.15) is 0 Å². The molecular weight excluding hydrogens is 179 g/mol. The number of aromatic amines is 1. The molecule has 0 aliphatic heterocycles. The third-order valence-electron chi connectivity index (χ3n) is 1.97. The number of aryl methyl sites for hydroxylation is 1. The summed E-state index contributed by atoms with van der Waals surface area (Å²) in [7, 11) is 3.13. The van der Waals surface area contributed by atoms with Gasteiger partial charge < -0.3 is 4.57 Å². The monoisotopic (exact) mass is 187 g/mol. The van der Waals surface area contributed by atoms with E-state index in [1.54, 1.807) is 11.6 Å². The van der Waals surface area contributed by atoms with Crippen LogP contribution in [0.3, 0.4) is 0 Å². The number of imidazole rings is 1. The molecule has 2 aromatic heterocycles. The summed E-state index contributed by atoms with van der Waals surface area (Å²) in [6, 6.07) is 0. The Morgan fingerprint density at radius 1 is 1.38 bits per heavy atom. The largest absolute Gasteiger partial charge is 0.329 e. The smallest absolute Gasteiger partial charge is 0.328 e. The Hall–Kier alpha value is -1.85. The van der Waals surface area contributed by atoms with Gasteiger partial charge in [-0.25, -0.2) is 9.78 Å².